The van der Waals surface area contributed by atoms with Gasteiger partial charge in [-0.05, 0) is 60.2 Å². The molecule has 0 saturated heterocycles. The summed E-state index contributed by atoms with van der Waals surface area (Å²) in [6.45, 7) is 0.453. The van der Waals surface area contributed by atoms with Crippen molar-refractivity contribution < 1.29 is 9.21 Å². The van der Waals surface area contributed by atoms with Crippen LogP contribution < -0.4 is 10.6 Å². The highest BCUT2D eigenvalue weighted by Gasteiger charge is 2.10. The summed E-state index contributed by atoms with van der Waals surface area (Å²) in [6, 6.07) is 20.0. The quantitative estimate of drug-likeness (QED) is 0.391. The molecular formula is C22H15Cl2N3O2S. The number of carbonyl (C=O) groups is 1. The largest absolute Gasteiger partial charge is 0.436 e. The number of hydrogen-bond donors (Lipinski definition) is 2. The second-order valence-electron chi connectivity index (χ2n) is 6.45. The minimum atomic E-state index is -0.364. The Bertz CT molecular complexity index is 1210. The molecule has 1 aromatic heterocycles. The van der Waals surface area contributed by atoms with Crippen LogP contribution in [0, 0.1) is 0 Å². The van der Waals surface area contributed by atoms with Crippen LogP contribution in [-0.4, -0.2) is 16.0 Å². The van der Waals surface area contributed by atoms with Gasteiger partial charge in [-0.3, -0.25) is 10.1 Å². The number of aromatic nitrogens is 1. The van der Waals surface area contributed by atoms with Gasteiger partial charge in [0, 0.05) is 17.7 Å². The van der Waals surface area contributed by atoms with E-state index in [1.807, 2.05) is 48.5 Å². The fourth-order valence-corrected chi connectivity index (χ4v) is 3.26. The molecule has 2 N–H and O–H groups in total. The van der Waals surface area contributed by atoms with Crippen molar-refractivity contribution in [2.24, 2.45) is 0 Å². The lowest BCUT2D eigenvalue weighted by molar-refractivity contribution is 0.0976. The lowest BCUT2D eigenvalue weighted by Gasteiger charge is -2.10. The van der Waals surface area contributed by atoms with E-state index in [0.717, 1.165) is 22.2 Å². The van der Waals surface area contributed by atoms with E-state index in [4.69, 9.17) is 39.8 Å². The maximum atomic E-state index is 12.2. The average Bonchev–Trinajstić information content (AvgIpc) is 3.19. The van der Waals surface area contributed by atoms with Crippen LogP contribution in [0.3, 0.4) is 0 Å². The first-order chi connectivity index (χ1) is 14.5. The number of oxazole rings is 1. The zero-order valence-corrected chi connectivity index (χ0v) is 17.8. The molecule has 4 rings (SSSR count). The molecule has 150 valence electrons. The molecule has 0 bridgehead atoms. The van der Waals surface area contributed by atoms with Crippen molar-refractivity contribution in [2.45, 2.75) is 6.54 Å². The van der Waals surface area contributed by atoms with Crippen LogP contribution in [0.15, 0.2) is 71.1 Å². The summed E-state index contributed by atoms with van der Waals surface area (Å²) in [5.74, 6) is 0.206. The van der Waals surface area contributed by atoms with Crippen LogP contribution in [0.2, 0.25) is 10.0 Å². The first kappa shape index (κ1) is 20.3. The molecule has 1 heterocycles. The minimum absolute atomic E-state index is 0.217. The monoisotopic (exact) mass is 455 g/mol. The molecule has 4 aromatic rings. The van der Waals surface area contributed by atoms with Crippen molar-refractivity contribution in [2.75, 3.05) is 0 Å². The van der Waals surface area contributed by atoms with Gasteiger partial charge in [0.05, 0.1) is 10.0 Å². The normalized spacial score (nSPS) is 10.7. The van der Waals surface area contributed by atoms with Gasteiger partial charge < -0.3 is 9.73 Å². The van der Waals surface area contributed by atoms with Gasteiger partial charge in [0.2, 0.25) is 5.89 Å². The van der Waals surface area contributed by atoms with Gasteiger partial charge in [0.25, 0.3) is 5.91 Å². The van der Waals surface area contributed by atoms with Crippen LogP contribution in [0.25, 0.3) is 22.6 Å². The van der Waals surface area contributed by atoms with Crippen molar-refractivity contribution in [1.29, 1.82) is 0 Å². The number of fused-ring (bicyclic) bond motifs is 1. The molecule has 0 spiro atoms. The van der Waals surface area contributed by atoms with Crippen LogP contribution >= 0.6 is 35.4 Å². The summed E-state index contributed by atoms with van der Waals surface area (Å²) in [5.41, 5.74) is 3.81. The summed E-state index contributed by atoms with van der Waals surface area (Å²) in [4.78, 5) is 16.7. The Morgan fingerprint density at radius 1 is 1.00 bits per heavy atom. The van der Waals surface area contributed by atoms with Crippen LogP contribution in [-0.2, 0) is 6.54 Å². The lowest BCUT2D eigenvalue weighted by Crippen LogP contribution is -2.38. The molecule has 8 heteroatoms. The topological polar surface area (TPSA) is 67.2 Å². The Hall–Kier alpha value is -2.93. The maximum Gasteiger partial charge on any atom is 0.257 e. The van der Waals surface area contributed by atoms with E-state index in [0.29, 0.717) is 28.0 Å². The lowest BCUT2D eigenvalue weighted by atomic mass is 10.1. The number of para-hydroxylation sites is 2. The van der Waals surface area contributed by atoms with Gasteiger partial charge in [-0.25, -0.2) is 4.98 Å². The third-order valence-electron chi connectivity index (χ3n) is 4.36. The summed E-state index contributed by atoms with van der Waals surface area (Å²) in [5, 5.41) is 6.54. The van der Waals surface area contributed by atoms with Crippen LogP contribution in [0.1, 0.15) is 15.9 Å². The molecule has 5 nitrogen and oxygen atoms in total. The second-order valence-corrected chi connectivity index (χ2v) is 7.67. The van der Waals surface area contributed by atoms with Gasteiger partial charge in [-0.2, -0.15) is 0 Å². The Morgan fingerprint density at radius 2 is 1.77 bits per heavy atom. The van der Waals surface area contributed by atoms with E-state index >= 15 is 0 Å². The fraction of sp³-hybridized carbons (Fsp3) is 0.0455. The third kappa shape index (κ3) is 4.62. The highest BCUT2D eigenvalue weighted by atomic mass is 35.5. The number of rotatable bonds is 4. The van der Waals surface area contributed by atoms with Gasteiger partial charge in [0.15, 0.2) is 10.7 Å². The molecule has 3 aromatic carbocycles. The number of nitrogens with zero attached hydrogens (tertiary/aromatic N) is 1. The predicted molar refractivity (Wildman–Crippen MR) is 123 cm³/mol. The van der Waals surface area contributed by atoms with Crippen LogP contribution in [0.4, 0.5) is 0 Å². The van der Waals surface area contributed by atoms with Crippen molar-refractivity contribution in [3.63, 3.8) is 0 Å². The first-order valence-electron chi connectivity index (χ1n) is 8.99. The molecule has 0 unspecified atom stereocenters. The van der Waals surface area contributed by atoms with Gasteiger partial charge in [-0.1, -0.05) is 47.5 Å². The molecule has 30 heavy (non-hydrogen) atoms. The molecule has 0 atom stereocenters. The Balaban J connectivity index is 1.35. The summed E-state index contributed by atoms with van der Waals surface area (Å²) >= 11 is 17.0. The molecule has 0 radical (unpaired) electrons. The maximum absolute atomic E-state index is 12.2. The summed E-state index contributed by atoms with van der Waals surface area (Å²) < 4.78 is 5.78. The van der Waals surface area contributed by atoms with Crippen molar-refractivity contribution in [3.8, 4) is 11.5 Å². The highest BCUT2D eigenvalue weighted by molar-refractivity contribution is 7.80. The van der Waals surface area contributed by atoms with E-state index < -0.39 is 0 Å². The zero-order chi connectivity index (χ0) is 21.1. The standard InChI is InChI=1S/C22H15Cl2N3O2S/c23-16-10-9-15(11-17(16)24)20(28)27-22(30)25-12-13-5-7-14(8-6-13)21-26-18-3-1-2-4-19(18)29-21/h1-11H,12H2,(H2,25,27,28,30). The number of thiocarbonyl (C=S) groups is 1. The number of amides is 1. The third-order valence-corrected chi connectivity index (χ3v) is 5.34. The van der Waals surface area contributed by atoms with Crippen molar-refractivity contribution in [3.05, 3.63) is 87.9 Å². The number of carbonyl (C=O) groups excluding carboxylic acids is 1. The molecule has 0 aliphatic rings. The molecular weight excluding hydrogens is 441 g/mol. The number of hydrogen-bond acceptors (Lipinski definition) is 4. The van der Waals surface area contributed by atoms with E-state index in [2.05, 4.69) is 15.6 Å². The van der Waals surface area contributed by atoms with E-state index in [1.54, 1.807) is 12.1 Å². The summed E-state index contributed by atoms with van der Waals surface area (Å²) in [7, 11) is 0. The average molecular weight is 456 g/mol. The van der Waals surface area contributed by atoms with Crippen molar-refractivity contribution in [1.82, 2.24) is 15.6 Å². The van der Waals surface area contributed by atoms with E-state index in [-0.39, 0.29) is 11.0 Å². The predicted octanol–water partition coefficient (Wildman–Crippen LogP) is 5.61. The molecule has 0 saturated carbocycles. The molecule has 0 fully saturated rings. The molecule has 0 aliphatic heterocycles. The SMILES string of the molecule is O=C(NC(=S)NCc1ccc(-c2nc3ccccc3o2)cc1)c1ccc(Cl)c(Cl)c1. The number of nitrogens with one attached hydrogen (secondary N) is 2. The van der Waals surface area contributed by atoms with E-state index in [9.17, 15) is 4.79 Å². The number of benzene rings is 3. The Morgan fingerprint density at radius 3 is 2.50 bits per heavy atom. The van der Waals surface area contributed by atoms with Gasteiger partial charge in [-0.15, -0.1) is 0 Å². The van der Waals surface area contributed by atoms with Gasteiger partial charge in [0.1, 0.15) is 5.52 Å². The summed E-state index contributed by atoms with van der Waals surface area (Å²) in [6.07, 6.45) is 0. The van der Waals surface area contributed by atoms with Gasteiger partial charge >= 0.3 is 0 Å². The van der Waals surface area contributed by atoms with Crippen LogP contribution in [0.5, 0.6) is 0 Å². The zero-order valence-electron chi connectivity index (χ0n) is 15.5. The Labute approximate surface area is 188 Å². The molecule has 1 amide bonds. The smallest absolute Gasteiger partial charge is 0.257 e. The molecule has 0 aliphatic carbocycles. The minimum Gasteiger partial charge on any atom is -0.436 e. The Kier molecular flexibility index (Phi) is 5.99. The fourth-order valence-electron chi connectivity index (χ4n) is 2.80. The van der Waals surface area contributed by atoms with E-state index in [1.165, 1.54) is 6.07 Å². The highest BCUT2D eigenvalue weighted by Crippen LogP contribution is 2.24. The number of halogens is 2. The first-order valence-corrected chi connectivity index (χ1v) is 10.1. The second kappa shape index (κ2) is 8.83. The van der Waals surface area contributed by atoms with Crippen molar-refractivity contribution >= 4 is 57.5 Å².